The average Bonchev–Trinajstić information content (AvgIpc) is 2.80. The van der Waals surface area contributed by atoms with E-state index in [1.165, 1.54) is 5.56 Å². The second-order valence-electron chi connectivity index (χ2n) is 6.23. The summed E-state index contributed by atoms with van der Waals surface area (Å²) in [4.78, 5) is 14.8. The lowest BCUT2D eigenvalue weighted by molar-refractivity contribution is 0.0766. The minimum absolute atomic E-state index is 0.172. The molecular weight excluding hydrogens is 302 g/mol. The molecule has 0 saturated carbocycles. The first-order valence-electron chi connectivity index (χ1n) is 8.17. The lowest BCUT2D eigenvalue weighted by Crippen LogP contribution is -2.33. The van der Waals surface area contributed by atoms with Gasteiger partial charge in [-0.25, -0.2) is 0 Å². The van der Waals surface area contributed by atoms with Gasteiger partial charge < -0.3 is 4.90 Å². The normalized spacial score (nSPS) is 18.5. The molecule has 3 heteroatoms. The van der Waals surface area contributed by atoms with Gasteiger partial charge in [0.1, 0.15) is 0 Å². The Bertz CT molecular complexity index is 663. The second-order valence-corrected chi connectivity index (χ2v) is 7.54. The van der Waals surface area contributed by atoms with Crippen LogP contribution in [0, 0.1) is 13.8 Å². The maximum absolute atomic E-state index is 12.8. The molecule has 0 spiro atoms. The molecule has 0 aromatic heterocycles. The molecule has 1 amide bonds. The number of hydrogen-bond acceptors (Lipinski definition) is 2. The van der Waals surface area contributed by atoms with Crippen molar-refractivity contribution in [2.45, 2.75) is 25.5 Å². The van der Waals surface area contributed by atoms with Crippen molar-refractivity contribution >= 4 is 17.7 Å². The third-order valence-electron chi connectivity index (χ3n) is 4.27. The van der Waals surface area contributed by atoms with E-state index in [4.69, 9.17) is 0 Å². The third kappa shape index (κ3) is 3.97. The molecule has 1 heterocycles. The predicted octanol–water partition coefficient (Wildman–Crippen LogP) is 4.62. The fourth-order valence-electron chi connectivity index (χ4n) is 3.19. The Kier molecular flexibility index (Phi) is 5.06. The van der Waals surface area contributed by atoms with Crippen molar-refractivity contribution in [3.8, 4) is 0 Å². The van der Waals surface area contributed by atoms with Gasteiger partial charge in [-0.15, -0.1) is 0 Å². The Morgan fingerprint density at radius 2 is 1.74 bits per heavy atom. The highest BCUT2D eigenvalue weighted by molar-refractivity contribution is 7.99. The van der Waals surface area contributed by atoms with Crippen molar-refractivity contribution in [2.75, 3.05) is 18.8 Å². The van der Waals surface area contributed by atoms with Crippen LogP contribution in [-0.4, -0.2) is 29.6 Å². The lowest BCUT2D eigenvalue weighted by atomic mass is 10.1. The number of thioether (sulfide) groups is 1. The minimum Gasteiger partial charge on any atom is -0.338 e. The van der Waals surface area contributed by atoms with Crippen molar-refractivity contribution in [2.24, 2.45) is 0 Å². The van der Waals surface area contributed by atoms with Gasteiger partial charge in [-0.3, -0.25) is 4.79 Å². The molecule has 2 aromatic rings. The van der Waals surface area contributed by atoms with E-state index in [-0.39, 0.29) is 5.91 Å². The molecular formula is C20H23NOS. The predicted molar refractivity (Wildman–Crippen MR) is 98.1 cm³/mol. The highest BCUT2D eigenvalue weighted by Crippen LogP contribution is 2.34. The standard InChI is InChI=1S/C20H23NOS/c1-15-12-16(2)14-18(13-15)20(22)21-9-8-19(23-11-10-21)17-6-4-3-5-7-17/h3-7,12-14,19H,8-11H2,1-2H3. The molecule has 1 unspecified atom stereocenters. The third-order valence-corrected chi connectivity index (χ3v) is 5.60. The molecule has 3 rings (SSSR count). The highest BCUT2D eigenvalue weighted by atomic mass is 32.2. The molecule has 1 aliphatic heterocycles. The number of benzene rings is 2. The smallest absolute Gasteiger partial charge is 0.253 e. The molecule has 1 saturated heterocycles. The molecule has 1 atom stereocenters. The topological polar surface area (TPSA) is 20.3 Å². The van der Waals surface area contributed by atoms with E-state index in [0.717, 1.165) is 42.0 Å². The molecule has 1 fully saturated rings. The molecule has 0 N–H and O–H groups in total. The summed E-state index contributed by atoms with van der Waals surface area (Å²) >= 11 is 1.97. The van der Waals surface area contributed by atoms with Crippen molar-refractivity contribution in [1.29, 1.82) is 0 Å². The van der Waals surface area contributed by atoms with Gasteiger partial charge in [0.25, 0.3) is 5.91 Å². The second kappa shape index (κ2) is 7.22. The zero-order valence-corrected chi connectivity index (χ0v) is 14.6. The minimum atomic E-state index is 0.172. The molecule has 2 aromatic carbocycles. The van der Waals surface area contributed by atoms with Crippen molar-refractivity contribution in [3.05, 3.63) is 70.8 Å². The van der Waals surface area contributed by atoms with E-state index < -0.39 is 0 Å². The number of rotatable bonds is 2. The number of carbonyl (C=O) groups excluding carboxylic acids is 1. The van der Waals surface area contributed by atoms with Gasteiger partial charge in [0.05, 0.1) is 0 Å². The first kappa shape index (κ1) is 16.1. The Morgan fingerprint density at radius 3 is 2.43 bits per heavy atom. The van der Waals surface area contributed by atoms with E-state index >= 15 is 0 Å². The molecule has 1 aliphatic rings. The maximum atomic E-state index is 12.8. The van der Waals surface area contributed by atoms with E-state index in [9.17, 15) is 4.79 Å². The van der Waals surface area contributed by atoms with Gasteiger partial charge >= 0.3 is 0 Å². The van der Waals surface area contributed by atoms with Crippen molar-refractivity contribution in [1.82, 2.24) is 4.90 Å². The number of nitrogens with zero attached hydrogens (tertiary/aromatic N) is 1. The van der Waals surface area contributed by atoms with Crippen LogP contribution in [0.5, 0.6) is 0 Å². The summed E-state index contributed by atoms with van der Waals surface area (Å²) in [5.41, 5.74) is 4.50. The molecule has 2 nitrogen and oxygen atoms in total. The quantitative estimate of drug-likeness (QED) is 0.803. The van der Waals surface area contributed by atoms with Crippen LogP contribution in [0.25, 0.3) is 0 Å². The average molecular weight is 325 g/mol. The first-order chi connectivity index (χ1) is 11.1. The number of amides is 1. The van der Waals surface area contributed by atoms with E-state index in [1.54, 1.807) is 0 Å². The van der Waals surface area contributed by atoms with Crippen molar-refractivity contribution < 1.29 is 4.79 Å². The SMILES string of the molecule is Cc1cc(C)cc(C(=O)N2CCSC(c3ccccc3)CC2)c1. The molecule has 0 aliphatic carbocycles. The van der Waals surface area contributed by atoms with Crippen LogP contribution in [0.3, 0.4) is 0 Å². The van der Waals surface area contributed by atoms with Crippen LogP contribution in [-0.2, 0) is 0 Å². The van der Waals surface area contributed by atoms with E-state index in [1.807, 2.05) is 42.6 Å². The fraction of sp³-hybridized carbons (Fsp3) is 0.350. The molecule has 23 heavy (non-hydrogen) atoms. The molecule has 0 radical (unpaired) electrons. The van der Waals surface area contributed by atoms with Crippen LogP contribution in [0.1, 0.15) is 38.7 Å². The number of aryl methyl sites for hydroxylation is 2. The Labute approximate surface area is 142 Å². The van der Waals surface area contributed by atoms with E-state index in [2.05, 4.69) is 36.4 Å². The van der Waals surface area contributed by atoms with Crippen molar-refractivity contribution in [3.63, 3.8) is 0 Å². The summed E-state index contributed by atoms with van der Waals surface area (Å²) in [6, 6.07) is 16.8. The maximum Gasteiger partial charge on any atom is 0.253 e. The van der Waals surface area contributed by atoms with Gasteiger partial charge in [-0.2, -0.15) is 11.8 Å². The lowest BCUT2D eigenvalue weighted by Gasteiger charge is -2.21. The Balaban J connectivity index is 1.71. The van der Waals surface area contributed by atoms with Crippen LogP contribution in [0.4, 0.5) is 0 Å². The molecule has 120 valence electrons. The van der Waals surface area contributed by atoms with Crippen LogP contribution in [0.2, 0.25) is 0 Å². The van der Waals surface area contributed by atoms with Crippen LogP contribution in [0.15, 0.2) is 48.5 Å². The highest BCUT2D eigenvalue weighted by Gasteiger charge is 2.23. The first-order valence-corrected chi connectivity index (χ1v) is 9.22. The van der Waals surface area contributed by atoms with Crippen LogP contribution >= 0.6 is 11.8 Å². The zero-order chi connectivity index (χ0) is 16.2. The fourth-order valence-corrected chi connectivity index (χ4v) is 4.42. The summed E-state index contributed by atoms with van der Waals surface area (Å²) in [5, 5.41) is 0.494. The summed E-state index contributed by atoms with van der Waals surface area (Å²) in [7, 11) is 0. The number of carbonyl (C=O) groups is 1. The van der Waals surface area contributed by atoms with Gasteiger partial charge in [-0.05, 0) is 38.0 Å². The van der Waals surface area contributed by atoms with Gasteiger partial charge in [0.2, 0.25) is 0 Å². The van der Waals surface area contributed by atoms with Gasteiger partial charge in [0, 0.05) is 29.7 Å². The summed E-state index contributed by atoms with van der Waals surface area (Å²) in [6.07, 6.45) is 1.02. The monoisotopic (exact) mass is 325 g/mol. The largest absolute Gasteiger partial charge is 0.338 e. The number of hydrogen-bond donors (Lipinski definition) is 0. The zero-order valence-electron chi connectivity index (χ0n) is 13.8. The summed E-state index contributed by atoms with van der Waals surface area (Å²) in [6.45, 7) is 5.76. The summed E-state index contributed by atoms with van der Waals surface area (Å²) < 4.78 is 0. The molecule has 0 bridgehead atoms. The Morgan fingerprint density at radius 1 is 1.04 bits per heavy atom. The van der Waals surface area contributed by atoms with Gasteiger partial charge in [-0.1, -0.05) is 47.5 Å². The van der Waals surface area contributed by atoms with Crippen LogP contribution < -0.4 is 0 Å². The Hall–Kier alpha value is -1.74. The summed E-state index contributed by atoms with van der Waals surface area (Å²) in [5.74, 6) is 1.17. The van der Waals surface area contributed by atoms with Gasteiger partial charge in [0.15, 0.2) is 0 Å². The van der Waals surface area contributed by atoms with E-state index in [0.29, 0.717) is 5.25 Å².